The molecule has 98 valence electrons. The van der Waals surface area contributed by atoms with E-state index in [2.05, 4.69) is 36.0 Å². The summed E-state index contributed by atoms with van der Waals surface area (Å²) in [5.74, 6) is 0.912. The molecule has 0 aromatic heterocycles. The van der Waals surface area contributed by atoms with Gasteiger partial charge in [-0.15, -0.1) is 0 Å². The van der Waals surface area contributed by atoms with Crippen molar-refractivity contribution in [3.05, 3.63) is 0 Å². The third-order valence-electron chi connectivity index (χ3n) is 4.05. The maximum Gasteiger partial charge on any atom is 0.223 e. The molecule has 17 heavy (non-hydrogen) atoms. The summed E-state index contributed by atoms with van der Waals surface area (Å²) < 4.78 is 0. The summed E-state index contributed by atoms with van der Waals surface area (Å²) in [6.45, 7) is 9.22. The highest BCUT2D eigenvalue weighted by atomic mass is 16.2. The number of hydrogen-bond acceptors (Lipinski definition) is 3. The summed E-state index contributed by atoms with van der Waals surface area (Å²) in [6, 6.07) is 0. The number of likely N-dealkylation sites (tertiary alicyclic amines) is 1. The monoisotopic (exact) mass is 239 g/mol. The van der Waals surface area contributed by atoms with Crippen molar-refractivity contribution in [1.82, 2.24) is 15.1 Å². The predicted molar refractivity (Wildman–Crippen MR) is 68.9 cm³/mol. The van der Waals surface area contributed by atoms with Crippen LogP contribution in [0.2, 0.25) is 0 Å². The number of piperazine rings is 1. The Bertz CT molecular complexity index is 290. The van der Waals surface area contributed by atoms with Crippen LogP contribution in [-0.4, -0.2) is 61.0 Å². The Kier molecular flexibility index (Phi) is 3.73. The molecule has 0 aromatic carbocycles. The first-order valence-corrected chi connectivity index (χ1v) is 6.69. The summed E-state index contributed by atoms with van der Waals surface area (Å²) in [5, 5.41) is 3.36. The quantitative estimate of drug-likeness (QED) is 0.764. The number of nitrogens with zero attached hydrogens (tertiary/aromatic N) is 2. The first kappa shape index (κ1) is 12.8. The van der Waals surface area contributed by atoms with E-state index in [0.29, 0.717) is 11.8 Å². The second kappa shape index (κ2) is 4.94. The molecule has 0 saturated carbocycles. The van der Waals surface area contributed by atoms with E-state index in [9.17, 15) is 4.79 Å². The fourth-order valence-corrected chi connectivity index (χ4v) is 3.00. The minimum atomic E-state index is -0.0279. The number of carbonyl (C=O) groups is 1. The van der Waals surface area contributed by atoms with Gasteiger partial charge in [-0.3, -0.25) is 4.79 Å². The van der Waals surface area contributed by atoms with Crippen LogP contribution in [-0.2, 0) is 4.79 Å². The molecular weight excluding hydrogens is 214 g/mol. The van der Waals surface area contributed by atoms with Gasteiger partial charge in [0, 0.05) is 38.1 Å². The Morgan fingerprint density at radius 1 is 1.41 bits per heavy atom. The van der Waals surface area contributed by atoms with Gasteiger partial charge in [0.2, 0.25) is 5.91 Å². The molecule has 2 aliphatic rings. The smallest absolute Gasteiger partial charge is 0.223 e. The SMILES string of the molecule is CN1CCC(CC(=O)N2CCNCC2(C)C)C1. The molecule has 4 heteroatoms. The van der Waals surface area contributed by atoms with Crippen LogP contribution in [0.5, 0.6) is 0 Å². The van der Waals surface area contributed by atoms with Gasteiger partial charge < -0.3 is 15.1 Å². The fourth-order valence-electron chi connectivity index (χ4n) is 3.00. The second-order valence-electron chi connectivity index (χ2n) is 6.16. The molecule has 2 heterocycles. The summed E-state index contributed by atoms with van der Waals surface area (Å²) >= 11 is 0. The normalized spacial score (nSPS) is 29.6. The first-order chi connectivity index (χ1) is 7.99. The van der Waals surface area contributed by atoms with E-state index in [1.807, 2.05) is 0 Å². The third kappa shape index (κ3) is 2.99. The zero-order valence-electron chi connectivity index (χ0n) is 11.3. The third-order valence-corrected chi connectivity index (χ3v) is 4.05. The van der Waals surface area contributed by atoms with Crippen LogP contribution in [0, 0.1) is 5.92 Å². The lowest BCUT2D eigenvalue weighted by atomic mass is 9.97. The molecule has 2 fully saturated rings. The van der Waals surface area contributed by atoms with Gasteiger partial charge >= 0.3 is 0 Å². The maximum absolute atomic E-state index is 12.4. The van der Waals surface area contributed by atoms with Crippen molar-refractivity contribution in [3.63, 3.8) is 0 Å². The van der Waals surface area contributed by atoms with Crippen molar-refractivity contribution >= 4 is 5.91 Å². The van der Waals surface area contributed by atoms with Gasteiger partial charge in [-0.2, -0.15) is 0 Å². The van der Waals surface area contributed by atoms with Crippen molar-refractivity contribution < 1.29 is 4.79 Å². The minimum absolute atomic E-state index is 0.0279. The largest absolute Gasteiger partial charge is 0.335 e. The molecule has 0 bridgehead atoms. The number of hydrogen-bond donors (Lipinski definition) is 1. The predicted octanol–water partition coefficient (Wildman–Crippen LogP) is 0.539. The zero-order valence-corrected chi connectivity index (χ0v) is 11.3. The Morgan fingerprint density at radius 3 is 2.76 bits per heavy atom. The van der Waals surface area contributed by atoms with E-state index in [1.54, 1.807) is 0 Å². The number of rotatable bonds is 2. The van der Waals surface area contributed by atoms with Gasteiger partial charge in [-0.25, -0.2) is 0 Å². The summed E-state index contributed by atoms with van der Waals surface area (Å²) in [4.78, 5) is 16.7. The van der Waals surface area contributed by atoms with E-state index in [4.69, 9.17) is 0 Å². The molecule has 1 amide bonds. The number of amides is 1. The van der Waals surface area contributed by atoms with Gasteiger partial charge in [-0.1, -0.05) is 0 Å². The highest BCUT2D eigenvalue weighted by Crippen LogP contribution is 2.23. The van der Waals surface area contributed by atoms with Gasteiger partial charge in [0.25, 0.3) is 0 Å². The molecule has 1 unspecified atom stereocenters. The van der Waals surface area contributed by atoms with Gasteiger partial charge in [0.15, 0.2) is 0 Å². The Labute approximate surface area is 104 Å². The summed E-state index contributed by atoms with van der Waals surface area (Å²) in [5.41, 5.74) is -0.0279. The average Bonchev–Trinajstić information content (AvgIpc) is 2.63. The van der Waals surface area contributed by atoms with Crippen LogP contribution in [0.3, 0.4) is 0 Å². The van der Waals surface area contributed by atoms with Crippen LogP contribution in [0.15, 0.2) is 0 Å². The number of carbonyl (C=O) groups excluding carboxylic acids is 1. The molecule has 2 rings (SSSR count). The van der Waals surface area contributed by atoms with Crippen LogP contribution in [0.25, 0.3) is 0 Å². The van der Waals surface area contributed by atoms with Gasteiger partial charge in [-0.05, 0) is 39.8 Å². The average molecular weight is 239 g/mol. The molecular formula is C13H25N3O. The topological polar surface area (TPSA) is 35.6 Å². The highest BCUT2D eigenvalue weighted by molar-refractivity contribution is 5.77. The fraction of sp³-hybridized carbons (Fsp3) is 0.923. The van der Waals surface area contributed by atoms with Crippen LogP contribution < -0.4 is 5.32 Å². The highest BCUT2D eigenvalue weighted by Gasteiger charge is 2.34. The van der Waals surface area contributed by atoms with Crippen LogP contribution in [0.4, 0.5) is 0 Å². The zero-order chi connectivity index (χ0) is 12.5. The first-order valence-electron chi connectivity index (χ1n) is 6.69. The molecule has 1 atom stereocenters. The molecule has 0 spiro atoms. The number of nitrogens with one attached hydrogen (secondary N) is 1. The summed E-state index contributed by atoms with van der Waals surface area (Å²) in [7, 11) is 2.14. The van der Waals surface area contributed by atoms with Crippen molar-refractivity contribution in [3.8, 4) is 0 Å². The van der Waals surface area contributed by atoms with E-state index in [1.165, 1.54) is 6.42 Å². The Balaban J connectivity index is 1.90. The van der Waals surface area contributed by atoms with Crippen LogP contribution >= 0.6 is 0 Å². The van der Waals surface area contributed by atoms with E-state index in [-0.39, 0.29) is 5.54 Å². The molecule has 0 radical (unpaired) electrons. The Hall–Kier alpha value is -0.610. The molecule has 1 N–H and O–H groups in total. The standard InChI is InChI=1S/C13H25N3O/c1-13(2)10-14-5-7-16(13)12(17)8-11-4-6-15(3)9-11/h11,14H,4-10H2,1-3H3. The summed E-state index contributed by atoms with van der Waals surface area (Å²) in [6.07, 6.45) is 1.91. The molecule has 4 nitrogen and oxygen atoms in total. The van der Waals surface area contributed by atoms with Crippen molar-refractivity contribution in [2.45, 2.75) is 32.2 Å². The van der Waals surface area contributed by atoms with E-state index < -0.39 is 0 Å². The van der Waals surface area contributed by atoms with Crippen LogP contribution in [0.1, 0.15) is 26.7 Å². The van der Waals surface area contributed by atoms with Gasteiger partial charge in [0.1, 0.15) is 0 Å². The second-order valence-corrected chi connectivity index (χ2v) is 6.16. The van der Waals surface area contributed by atoms with Crippen molar-refractivity contribution in [2.24, 2.45) is 5.92 Å². The van der Waals surface area contributed by atoms with Crippen molar-refractivity contribution in [2.75, 3.05) is 39.8 Å². The maximum atomic E-state index is 12.4. The Morgan fingerprint density at radius 2 is 2.18 bits per heavy atom. The molecule has 2 aliphatic heterocycles. The van der Waals surface area contributed by atoms with E-state index in [0.717, 1.165) is 39.1 Å². The lowest BCUT2D eigenvalue weighted by Gasteiger charge is -2.43. The minimum Gasteiger partial charge on any atom is -0.335 e. The lowest BCUT2D eigenvalue weighted by molar-refractivity contribution is -0.138. The molecule has 2 saturated heterocycles. The van der Waals surface area contributed by atoms with Crippen molar-refractivity contribution in [1.29, 1.82) is 0 Å². The molecule has 0 aromatic rings. The van der Waals surface area contributed by atoms with E-state index >= 15 is 0 Å². The lowest BCUT2D eigenvalue weighted by Crippen LogP contribution is -2.60. The van der Waals surface area contributed by atoms with Gasteiger partial charge in [0.05, 0.1) is 0 Å². The molecule has 0 aliphatic carbocycles.